The third kappa shape index (κ3) is 3.21. The van der Waals surface area contributed by atoms with Crippen LogP contribution in [-0.2, 0) is 0 Å². The first kappa shape index (κ1) is 10.9. The van der Waals surface area contributed by atoms with Crippen molar-refractivity contribution in [2.45, 2.75) is 25.6 Å². The lowest BCUT2D eigenvalue weighted by Gasteiger charge is -2.34. The van der Waals surface area contributed by atoms with Gasteiger partial charge in [0.15, 0.2) is 0 Å². The van der Waals surface area contributed by atoms with Crippen LogP contribution < -0.4 is 0 Å². The molecule has 1 fully saturated rings. The van der Waals surface area contributed by atoms with E-state index in [0.29, 0.717) is 6.54 Å². The zero-order valence-electron chi connectivity index (χ0n) is 7.99. The van der Waals surface area contributed by atoms with Crippen LogP contribution in [-0.4, -0.2) is 53.6 Å². The summed E-state index contributed by atoms with van der Waals surface area (Å²) in [6, 6.07) is 0. The predicted octanol–water partition coefficient (Wildman–Crippen LogP) is 0.0195. The Hall–Kier alpha value is -0.190. The topological polar surface area (TPSA) is 43.7 Å². The van der Waals surface area contributed by atoms with Gasteiger partial charge in [-0.1, -0.05) is 6.92 Å². The maximum atomic E-state index is 12.0. The number of alkyl halides is 1. The normalized spacial score (nSPS) is 33.2. The molecule has 0 aliphatic carbocycles. The quantitative estimate of drug-likeness (QED) is 0.661. The molecule has 1 aliphatic heterocycles. The van der Waals surface area contributed by atoms with Crippen molar-refractivity contribution in [2.24, 2.45) is 5.92 Å². The van der Waals surface area contributed by atoms with Crippen molar-refractivity contribution in [1.82, 2.24) is 4.90 Å². The fourth-order valence-corrected chi connectivity index (χ4v) is 1.73. The molecule has 1 heterocycles. The van der Waals surface area contributed by atoms with Gasteiger partial charge in [-0.2, -0.15) is 0 Å². The van der Waals surface area contributed by atoms with Crippen LogP contribution >= 0.6 is 0 Å². The van der Waals surface area contributed by atoms with Gasteiger partial charge in [-0.15, -0.1) is 0 Å². The lowest BCUT2D eigenvalue weighted by atomic mass is 9.96. The van der Waals surface area contributed by atoms with Crippen molar-refractivity contribution in [1.29, 1.82) is 0 Å². The Morgan fingerprint density at radius 3 is 2.85 bits per heavy atom. The zero-order valence-corrected chi connectivity index (χ0v) is 7.99. The van der Waals surface area contributed by atoms with E-state index in [4.69, 9.17) is 5.11 Å². The van der Waals surface area contributed by atoms with E-state index < -0.39 is 12.8 Å². The number of aliphatic hydroxyl groups is 2. The number of hydrogen-bond donors (Lipinski definition) is 2. The number of rotatable bonds is 3. The highest BCUT2D eigenvalue weighted by atomic mass is 19.1. The van der Waals surface area contributed by atoms with E-state index in [1.54, 1.807) is 0 Å². The molecule has 0 amide bonds. The molecule has 78 valence electrons. The van der Waals surface area contributed by atoms with Gasteiger partial charge in [-0.25, -0.2) is 4.39 Å². The minimum atomic E-state index is -0.873. The Balaban J connectivity index is 2.29. The zero-order chi connectivity index (χ0) is 9.84. The molecule has 3 nitrogen and oxygen atoms in total. The molecule has 13 heavy (non-hydrogen) atoms. The highest BCUT2D eigenvalue weighted by molar-refractivity contribution is 4.78. The largest absolute Gasteiger partial charge is 0.393 e. The smallest absolute Gasteiger partial charge is 0.117 e. The fraction of sp³-hybridized carbons (Fsp3) is 1.00. The van der Waals surface area contributed by atoms with E-state index in [1.165, 1.54) is 0 Å². The monoisotopic (exact) mass is 191 g/mol. The van der Waals surface area contributed by atoms with E-state index in [-0.39, 0.29) is 12.0 Å². The lowest BCUT2D eigenvalue weighted by molar-refractivity contribution is 0.0108. The fourth-order valence-electron chi connectivity index (χ4n) is 1.73. The number of hydrogen-bond acceptors (Lipinski definition) is 3. The second kappa shape index (κ2) is 4.88. The molecule has 0 aromatic carbocycles. The molecule has 3 unspecified atom stereocenters. The van der Waals surface area contributed by atoms with Crippen molar-refractivity contribution in [3.8, 4) is 0 Å². The van der Waals surface area contributed by atoms with Crippen molar-refractivity contribution < 1.29 is 14.6 Å². The summed E-state index contributed by atoms with van der Waals surface area (Å²) < 4.78 is 12.0. The van der Waals surface area contributed by atoms with Crippen LogP contribution in [0.1, 0.15) is 13.3 Å². The second-order valence-corrected chi connectivity index (χ2v) is 3.90. The van der Waals surface area contributed by atoms with Gasteiger partial charge in [0.05, 0.1) is 12.2 Å². The summed E-state index contributed by atoms with van der Waals surface area (Å²) in [7, 11) is 0. The Kier molecular flexibility index (Phi) is 4.09. The molecular weight excluding hydrogens is 173 g/mol. The summed E-state index contributed by atoms with van der Waals surface area (Å²) in [5.41, 5.74) is 0. The Bertz CT molecular complexity index is 155. The summed E-state index contributed by atoms with van der Waals surface area (Å²) in [6.45, 7) is 3.17. The Morgan fingerprint density at radius 1 is 1.62 bits per heavy atom. The van der Waals surface area contributed by atoms with Gasteiger partial charge in [0, 0.05) is 19.6 Å². The molecule has 0 aromatic rings. The molecule has 3 atom stereocenters. The van der Waals surface area contributed by atoms with Gasteiger partial charge in [0.1, 0.15) is 6.67 Å². The standard InChI is InChI=1S/C9H18FNO2/c1-7-5-11(3-2-9(7)13)6-8(12)4-10/h7-9,12-13H,2-6H2,1H3. The molecule has 0 spiro atoms. The van der Waals surface area contributed by atoms with Crippen molar-refractivity contribution in [3.05, 3.63) is 0 Å². The SMILES string of the molecule is CC1CN(CC(O)CF)CCC1O. The van der Waals surface area contributed by atoms with Crippen molar-refractivity contribution >= 4 is 0 Å². The second-order valence-electron chi connectivity index (χ2n) is 3.90. The number of halogens is 1. The summed E-state index contributed by atoms with van der Waals surface area (Å²) >= 11 is 0. The maximum absolute atomic E-state index is 12.0. The highest BCUT2D eigenvalue weighted by Crippen LogP contribution is 2.16. The van der Waals surface area contributed by atoms with Crippen molar-refractivity contribution in [3.63, 3.8) is 0 Å². The summed E-state index contributed by atoms with van der Waals surface area (Å²) in [4.78, 5) is 2.00. The number of piperidine rings is 1. The van der Waals surface area contributed by atoms with Gasteiger partial charge in [0.2, 0.25) is 0 Å². The van der Waals surface area contributed by atoms with Crippen LogP contribution in [0.2, 0.25) is 0 Å². The third-order valence-electron chi connectivity index (χ3n) is 2.59. The molecule has 1 rings (SSSR count). The average molecular weight is 191 g/mol. The molecule has 2 N–H and O–H groups in total. The minimum absolute atomic E-state index is 0.223. The summed E-state index contributed by atoms with van der Waals surface area (Å²) in [6.07, 6.45) is -0.388. The van der Waals surface area contributed by atoms with E-state index in [9.17, 15) is 9.50 Å². The number of β-amino-alcohol motifs (C(OH)–C–C–N with tert-alkyl or cyclic N) is 1. The number of nitrogens with zero attached hydrogens (tertiary/aromatic N) is 1. The molecule has 4 heteroatoms. The van der Waals surface area contributed by atoms with Crippen LogP contribution in [0.15, 0.2) is 0 Å². The minimum Gasteiger partial charge on any atom is -0.393 e. The lowest BCUT2D eigenvalue weighted by Crippen LogP contribution is -2.45. The number of aliphatic hydroxyl groups excluding tert-OH is 2. The molecule has 1 saturated heterocycles. The molecule has 0 aromatic heterocycles. The first-order valence-electron chi connectivity index (χ1n) is 4.78. The maximum Gasteiger partial charge on any atom is 0.117 e. The molecule has 0 saturated carbocycles. The van der Waals surface area contributed by atoms with Crippen LogP contribution in [0.3, 0.4) is 0 Å². The van der Waals surface area contributed by atoms with Crippen LogP contribution in [0.25, 0.3) is 0 Å². The van der Waals surface area contributed by atoms with Crippen LogP contribution in [0.5, 0.6) is 0 Å². The predicted molar refractivity (Wildman–Crippen MR) is 48.2 cm³/mol. The highest BCUT2D eigenvalue weighted by Gasteiger charge is 2.25. The molecular formula is C9H18FNO2. The summed E-state index contributed by atoms with van der Waals surface area (Å²) in [5, 5.41) is 18.5. The van der Waals surface area contributed by atoms with E-state index in [1.807, 2.05) is 11.8 Å². The Labute approximate surface area is 78.2 Å². The first-order valence-corrected chi connectivity index (χ1v) is 4.78. The van der Waals surface area contributed by atoms with E-state index in [0.717, 1.165) is 19.5 Å². The average Bonchev–Trinajstić information content (AvgIpc) is 2.11. The van der Waals surface area contributed by atoms with Crippen molar-refractivity contribution in [2.75, 3.05) is 26.3 Å². The van der Waals surface area contributed by atoms with E-state index in [2.05, 4.69) is 0 Å². The molecule has 0 bridgehead atoms. The van der Waals surface area contributed by atoms with E-state index >= 15 is 0 Å². The van der Waals surface area contributed by atoms with Gasteiger partial charge in [-0.05, 0) is 12.3 Å². The number of likely N-dealkylation sites (tertiary alicyclic amines) is 1. The first-order chi connectivity index (χ1) is 6.13. The van der Waals surface area contributed by atoms with Gasteiger partial charge < -0.3 is 15.1 Å². The summed E-state index contributed by atoms with van der Waals surface area (Å²) in [5.74, 6) is 0.223. The van der Waals surface area contributed by atoms with Gasteiger partial charge >= 0.3 is 0 Å². The third-order valence-corrected chi connectivity index (χ3v) is 2.59. The van der Waals surface area contributed by atoms with Crippen LogP contribution in [0, 0.1) is 5.92 Å². The van der Waals surface area contributed by atoms with Gasteiger partial charge in [0.25, 0.3) is 0 Å². The van der Waals surface area contributed by atoms with Crippen LogP contribution in [0.4, 0.5) is 4.39 Å². The molecule has 0 radical (unpaired) electrons. The molecule has 1 aliphatic rings. The Morgan fingerprint density at radius 2 is 2.31 bits per heavy atom. The van der Waals surface area contributed by atoms with Gasteiger partial charge in [-0.3, -0.25) is 0 Å².